The number of hydrogen-bond acceptors (Lipinski definition) is 1. The molecule has 0 aromatic rings. The van der Waals surface area contributed by atoms with Crippen LogP contribution in [0.25, 0.3) is 0 Å². The maximum absolute atomic E-state index is 12.1. The molecule has 0 aromatic carbocycles. The molecule has 0 aliphatic heterocycles. The van der Waals surface area contributed by atoms with Gasteiger partial charge in [0.1, 0.15) is 0 Å². The van der Waals surface area contributed by atoms with Crippen molar-refractivity contribution in [3.8, 4) is 0 Å². The molecule has 0 fully saturated rings. The number of nitrogens with zero attached hydrogens (tertiary/aromatic N) is 1. The minimum Gasteiger partial charge on any atom is -0.343 e. The first kappa shape index (κ1) is 13.5. The van der Waals surface area contributed by atoms with Crippen LogP contribution in [0.2, 0.25) is 0 Å². The Morgan fingerprint density at radius 3 is 1.86 bits per heavy atom. The molecule has 0 radical (unpaired) electrons. The minimum absolute atomic E-state index is 0.222. The Hall–Kier alpha value is -0.530. The third kappa shape index (κ3) is 3.32. The minimum atomic E-state index is 0.222. The van der Waals surface area contributed by atoms with Crippen LogP contribution in [0.1, 0.15) is 47.5 Å². The van der Waals surface area contributed by atoms with Crippen LogP contribution in [-0.4, -0.2) is 23.9 Å². The highest BCUT2D eigenvalue weighted by atomic mass is 16.2. The zero-order valence-electron chi connectivity index (χ0n) is 10.3. The molecule has 0 saturated heterocycles. The highest BCUT2D eigenvalue weighted by Crippen LogP contribution is 2.21. The van der Waals surface area contributed by atoms with Crippen molar-refractivity contribution in [2.75, 3.05) is 13.1 Å². The van der Waals surface area contributed by atoms with Gasteiger partial charge in [0.05, 0.1) is 0 Å². The summed E-state index contributed by atoms with van der Waals surface area (Å²) in [6.07, 6.45) is 2.05. The van der Waals surface area contributed by atoms with Crippen molar-refractivity contribution in [2.24, 2.45) is 11.8 Å². The topological polar surface area (TPSA) is 20.3 Å². The predicted octanol–water partition coefficient (Wildman–Crippen LogP) is 2.93. The Bertz CT molecular complexity index is 164. The Morgan fingerprint density at radius 1 is 1.07 bits per heavy atom. The summed E-state index contributed by atoms with van der Waals surface area (Å²) < 4.78 is 0. The van der Waals surface area contributed by atoms with E-state index in [2.05, 4.69) is 20.8 Å². The summed E-state index contributed by atoms with van der Waals surface area (Å²) in [5.41, 5.74) is 0. The van der Waals surface area contributed by atoms with E-state index in [1.54, 1.807) is 0 Å². The number of carbonyl (C=O) groups excluding carboxylic acids is 1. The van der Waals surface area contributed by atoms with Gasteiger partial charge in [0.25, 0.3) is 0 Å². The van der Waals surface area contributed by atoms with Gasteiger partial charge in [0.15, 0.2) is 0 Å². The molecule has 0 rings (SSSR count). The molecule has 0 saturated carbocycles. The summed E-state index contributed by atoms with van der Waals surface area (Å²) in [4.78, 5) is 14.0. The fourth-order valence-corrected chi connectivity index (χ4v) is 1.87. The second kappa shape index (κ2) is 6.86. The molecule has 2 unspecified atom stereocenters. The molecule has 14 heavy (non-hydrogen) atoms. The fourth-order valence-electron chi connectivity index (χ4n) is 1.87. The summed E-state index contributed by atoms with van der Waals surface area (Å²) in [5, 5.41) is 0. The Balaban J connectivity index is 4.43. The van der Waals surface area contributed by atoms with E-state index in [1.807, 2.05) is 18.7 Å². The predicted molar refractivity (Wildman–Crippen MR) is 61.2 cm³/mol. The van der Waals surface area contributed by atoms with Gasteiger partial charge < -0.3 is 4.90 Å². The third-order valence-corrected chi connectivity index (χ3v) is 3.16. The number of rotatable bonds is 6. The summed E-state index contributed by atoms with van der Waals surface area (Å²) in [6.45, 7) is 12.2. The van der Waals surface area contributed by atoms with Crippen molar-refractivity contribution in [3.63, 3.8) is 0 Å². The second-order valence-electron chi connectivity index (χ2n) is 3.91. The lowest BCUT2D eigenvalue weighted by Crippen LogP contribution is -2.38. The summed E-state index contributed by atoms with van der Waals surface area (Å²) in [5.74, 6) is 1.07. The van der Waals surface area contributed by atoms with Crippen molar-refractivity contribution in [1.82, 2.24) is 4.90 Å². The SMILES string of the molecule is CCC(C)C(CC)C(=O)N(CC)CC. The van der Waals surface area contributed by atoms with Gasteiger partial charge in [-0.3, -0.25) is 4.79 Å². The largest absolute Gasteiger partial charge is 0.343 e. The molecular weight excluding hydrogens is 174 g/mol. The molecular formula is C12H25NO. The molecule has 2 atom stereocenters. The zero-order chi connectivity index (χ0) is 11.1. The van der Waals surface area contributed by atoms with E-state index in [9.17, 15) is 4.79 Å². The lowest BCUT2D eigenvalue weighted by molar-refractivity contribution is -0.137. The fraction of sp³-hybridized carbons (Fsp3) is 0.917. The molecule has 2 heteroatoms. The number of amides is 1. The first-order valence-corrected chi connectivity index (χ1v) is 5.90. The molecule has 0 aromatic heterocycles. The monoisotopic (exact) mass is 199 g/mol. The summed E-state index contributed by atoms with van der Waals surface area (Å²) >= 11 is 0. The van der Waals surface area contributed by atoms with Crippen LogP contribution in [-0.2, 0) is 4.79 Å². The van der Waals surface area contributed by atoms with E-state index in [-0.39, 0.29) is 5.92 Å². The molecule has 0 spiro atoms. The zero-order valence-corrected chi connectivity index (χ0v) is 10.3. The first-order valence-electron chi connectivity index (χ1n) is 5.90. The van der Waals surface area contributed by atoms with Crippen LogP contribution in [0.5, 0.6) is 0 Å². The molecule has 0 aliphatic rings. The van der Waals surface area contributed by atoms with Crippen molar-refractivity contribution in [1.29, 1.82) is 0 Å². The Morgan fingerprint density at radius 2 is 1.57 bits per heavy atom. The van der Waals surface area contributed by atoms with Gasteiger partial charge in [-0.2, -0.15) is 0 Å². The Kier molecular flexibility index (Phi) is 6.60. The van der Waals surface area contributed by atoms with Crippen LogP contribution in [0, 0.1) is 11.8 Å². The maximum Gasteiger partial charge on any atom is 0.225 e. The van der Waals surface area contributed by atoms with Crippen molar-refractivity contribution in [3.05, 3.63) is 0 Å². The molecule has 84 valence electrons. The second-order valence-corrected chi connectivity index (χ2v) is 3.91. The van der Waals surface area contributed by atoms with Crippen molar-refractivity contribution in [2.45, 2.75) is 47.5 Å². The van der Waals surface area contributed by atoms with E-state index >= 15 is 0 Å². The van der Waals surface area contributed by atoms with Crippen molar-refractivity contribution >= 4 is 5.91 Å². The van der Waals surface area contributed by atoms with Crippen LogP contribution in [0.3, 0.4) is 0 Å². The molecule has 0 bridgehead atoms. The lowest BCUT2D eigenvalue weighted by Gasteiger charge is -2.27. The first-order chi connectivity index (χ1) is 6.62. The quantitative estimate of drug-likeness (QED) is 0.644. The van der Waals surface area contributed by atoms with Crippen LogP contribution < -0.4 is 0 Å². The van der Waals surface area contributed by atoms with Gasteiger partial charge in [0.2, 0.25) is 5.91 Å². The number of carbonyl (C=O) groups is 1. The molecule has 0 heterocycles. The van der Waals surface area contributed by atoms with Gasteiger partial charge in [-0.25, -0.2) is 0 Å². The van der Waals surface area contributed by atoms with E-state index < -0.39 is 0 Å². The lowest BCUT2D eigenvalue weighted by atomic mass is 9.88. The average Bonchev–Trinajstić information content (AvgIpc) is 2.20. The van der Waals surface area contributed by atoms with E-state index in [4.69, 9.17) is 0 Å². The molecule has 2 nitrogen and oxygen atoms in total. The van der Waals surface area contributed by atoms with E-state index in [1.165, 1.54) is 0 Å². The summed E-state index contributed by atoms with van der Waals surface area (Å²) in [6, 6.07) is 0. The van der Waals surface area contributed by atoms with Gasteiger partial charge in [0, 0.05) is 19.0 Å². The average molecular weight is 199 g/mol. The van der Waals surface area contributed by atoms with Gasteiger partial charge >= 0.3 is 0 Å². The normalized spacial score (nSPS) is 14.9. The molecule has 1 amide bonds. The van der Waals surface area contributed by atoms with E-state index in [0.29, 0.717) is 11.8 Å². The van der Waals surface area contributed by atoms with Crippen LogP contribution in [0.4, 0.5) is 0 Å². The molecule has 0 N–H and O–H groups in total. The maximum atomic E-state index is 12.1. The van der Waals surface area contributed by atoms with Gasteiger partial charge in [-0.1, -0.05) is 27.2 Å². The smallest absolute Gasteiger partial charge is 0.225 e. The Labute approximate surface area is 88.7 Å². The van der Waals surface area contributed by atoms with Crippen LogP contribution >= 0.6 is 0 Å². The standard InChI is InChI=1S/C12H25NO/c1-6-10(5)11(7-2)12(14)13(8-3)9-4/h10-11H,6-9H2,1-5H3. The van der Waals surface area contributed by atoms with E-state index in [0.717, 1.165) is 25.9 Å². The van der Waals surface area contributed by atoms with Crippen LogP contribution in [0.15, 0.2) is 0 Å². The van der Waals surface area contributed by atoms with Gasteiger partial charge in [-0.15, -0.1) is 0 Å². The highest BCUT2D eigenvalue weighted by Gasteiger charge is 2.25. The van der Waals surface area contributed by atoms with Crippen molar-refractivity contribution < 1.29 is 4.79 Å². The molecule has 0 aliphatic carbocycles. The highest BCUT2D eigenvalue weighted by molar-refractivity contribution is 5.79. The van der Waals surface area contributed by atoms with Gasteiger partial charge in [-0.05, 0) is 26.2 Å². The third-order valence-electron chi connectivity index (χ3n) is 3.16. The number of hydrogen-bond donors (Lipinski definition) is 0. The summed E-state index contributed by atoms with van der Waals surface area (Å²) in [7, 11) is 0.